The molecule has 17 heavy (non-hydrogen) atoms. The normalized spacial score (nSPS) is 7.53. The Kier molecular flexibility index (Phi) is 13.6. The minimum atomic E-state index is -0.273. The molecule has 1 rings (SSSR count). The Labute approximate surface area is 113 Å². The lowest BCUT2D eigenvalue weighted by Gasteiger charge is -2.00. The molecule has 1 aromatic carbocycles. The fourth-order valence-electron chi connectivity index (χ4n) is 0.800. The van der Waals surface area contributed by atoms with Crippen LogP contribution in [0.15, 0.2) is 28.7 Å². The highest BCUT2D eigenvalue weighted by atomic mass is 79.9. The summed E-state index contributed by atoms with van der Waals surface area (Å²) in [4.78, 5) is 11.1. The Morgan fingerprint density at radius 2 is 1.76 bits per heavy atom. The Bertz CT molecular complexity index is 336. The Balaban J connectivity index is 0. The van der Waals surface area contributed by atoms with Crippen LogP contribution < -0.4 is 0 Å². The van der Waals surface area contributed by atoms with E-state index in [-0.39, 0.29) is 5.97 Å². The molecule has 0 unspecified atom stereocenters. The van der Waals surface area contributed by atoms with Gasteiger partial charge in [-0.2, -0.15) is 0 Å². The number of rotatable bonds is 2. The first kappa shape index (κ1) is 18.1. The topological polar surface area (TPSA) is 26.3 Å². The minimum Gasteiger partial charge on any atom is -0.462 e. The molecular weight excluding hydrogens is 280 g/mol. The molecule has 0 radical (unpaired) electrons. The average Bonchev–Trinajstić information content (AvgIpc) is 2.34. The molecule has 1 aromatic rings. The van der Waals surface area contributed by atoms with E-state index in [1.807, 2.05) is 26.0 Å². The number of esters is 1. The van der Waals surface area contributed by atoms with E-state index in [1.54, 1.807) is 26.0 Å². The van der Waals surface area contributed by atoms with E-state index in [0.29, 0.717) is 12.2 Å². The van der Waals surface area contributed by atoms with Crippen molar-refractivity contribution in [1.29, 1.82) is 0 Å². The zero-order valence-electron chi connectivity index (χ0n) is 10.8. The van der Waals surface area contributed by atoms with E-state index in [9.17, 15) is 4.79 Å². The van der Waals surface area contributed by atoms with Gasteiger partial charge >= 0.3 is 5.97 Å². The van der Waals surface area contributed by atoms with E-state index in [2.05, 4.69) is 28.3 Å². The van der Waals surface area contributed by atoms with Crippen molar-refractivity contribution < 1.29 is 9.53 Å². The predicted molar refractivity (Wildman–Crippen MR) is 76.0 cm³/mol. The summed E-state index contributed by atoms with van der Waals surface area (Å²) in [5.41, 5.74) is 0.583. The zero-order chi connectivity index (χ0) is 13.7. The molecule has 94 valence electrons. The summed E-state index contributed by atoms with van der Waals surface area (Å²) in [6.07, 6.45) is 4.60. The maximum atomic E-state index is 11.1. The molecule has 0 N–H and O–H groups in total. The number of ether oxygens (including phenoxy) is 1. The number of benzene rings is 1. The van der Waals surface area contributed by atoms with Crippen LogP contribution in [0.4, 0.5) is 0 Å². The van der Waals surface area contributed by atoms with Crippen LogP contribution in [0.25, 0.3) is 0 Å². The van der Waals surface area contributed by atoms with Crippen molar-refractivity contribution in [2.75, 3.05) is 6.61 Å². The van der Waals surface area contributed by atoms with Crippen molar-refractivity contribution >= 4 is 21.9 Å². The molecule has 0 aromatic heterocycles. The highest BCUT2D eigenvalue weighted by Gasteiger charge is 2.03. The molecule has 2 nitrogen and oxygen atoms in total. The first-order valence-corrected chi connectivity index (χ1v) is 6.25. The Morgan fingerprint density at radius 1 is 1.35 bits per heavy atom. The van der Waals surface area contributed by atoms with E-state index in [0.717, 1.165) is 4.47 Å². The molecule has 0 aliphatic heterocycles. The summed E-state index contributed by atoms with van der Waals surface area (Å²) in [5, 5.41) is 0. The van der Waals surface area contributed by atoms with Gasteiger partial charge in [0.05, 0.1) is 12.2 Å². The van der Waals surface area contributed by atoms with Crippen LogP contribution in [-0.2, 0) is 4.74 Å². The molecule has 0 atom stereocenters. The van der Waals surface area contributed by atoms with Crippen molar-refractivity contribution in [1.82, 2.24) is 0 Å². The van der Waals surface area contributed by atoms with Gasteiger partial charge in [0, 0.05) is 4.47 Å². The summed E-state index contributed by atoms with van der Waals surface area (Å²) in [6.45, 7) is 7.85. The predicted octanol–water partition coefficient (Wildman–Crippen LogP) is 4.29. The maximum Gasteiger partial charge on any atom is 0.338 e. The maximum absolute atomic E-state index is 11.1. The van der Waals surface area contributed by atoms with Crippen molar-refractivity contribution in [3.05, 3.63) is 34.3 Å². The zero-order valence-corrected chi connectivity index (χ0v) is 12.4. The van der Waals surface area contributed by atoms with Crippen LogP contribution in [0, 0.1) is 12.3 Å². The monoisotopic (exact) mass is 298 g/mol. The molecule has 0 aliphatic carbocycles. The quantitative estimate of drug-likeness (QED) is 0.601. The number of terminal acetylenes is 1. The number of hydrogen-bond donors (Lipinski definition) is 0. The summed E-state index contributed by atoms with van der Waals surface area (Å²) < 4.78 is 5.77. The molecule has 0 amide bonds. The summed E-state index contributed by atoms with van der Waals surface area (Å²) in [7, 11) is 0. The van der Waals surface area contributed by atoms with Gasteiger partial charge < -0.3 is 4.74 Å². The smallest absolute Gasteiger partial charge is 0.338 e. The third-order valence-corrected chi connectivity index (χ3v) is 1.88. The van der Waals surface area contributed by atoms with Gasteiger partial charge in [0.1, 0.15) is 0 Å². The SMILES string of the molecule is C#CC.CC.CCOC(=O)c1ccc(Br)cc1. The first-order valence-electron chi connectivity index (χ1n) is 5.45. The molecule has 0 heterocycles. The van der Waals surface area contributed by atoms with Gasteiger partial charge in [-0.15, -0.1) is 12.3 Å². The highest BCUT2D eigenvalue weighted by molar-refractivity contribution is 9.10. The lowest BCUT2D eigenvalue weighted by Crippen LogP contribution is -2.03. The van der Waals surface area contributed by atoms with E-state index < -0.39 is 0 Å². The van der Waals surface area contributed by atoms with Crippen molar-refractivity contribution in [3.63, 3.8) is 0 Å². The van der Waals surface area contributed by atoms with Crippen molar-refractivity contribution in [3.8, 4) is 12.3 Å². The number of carbonyl (C=O) groups is 1. The van der Waals surface area contributed by atoms with Crippen LogP contribution in [0.1, 0.15) is 38.1 Å². The standard InChI is InChI=1S/C9H9BrO2.C3H4.C2H6/c1-2-12-9(11)7-3-5-8(10)6-4-7;1-3-2;1-2/h3-6H,2H2,1H3;1H,2H3;1-2H3. The second kappa shape index (κ2) is 12.8. The number of carbonyl (C=O) groups excluding carboxylic acids is 1. The number of halogens is 1. The highest BCUT2D eigenvalue weighted by Crippen LogP contribution is 2.10. The van der Waals surface area contributed by atoms with Crippen LogP contribution in [0.2, 0.25) is 0 Å². The van der Waals surface area contributed by atoms with Crippen LogP contribution in [-0.4, -0.2) is 12.6 Å². The van der Waals surface area contributed by atoms with E-state index in [4.69, 9.17) is 4.74 Å². The summed E-state index contributed by atoms with van der Waals surface area (Å²) >= 11 is 3.28. The van der Waals surface area contributed by atoms with Crippen LogP contribution >= 0.6 is 15.9 Å². The minimum absolute atomic E-state index is 0.273. The fraction of sp³-hybridized carbons (Fsp3) is 0.357. The third kappa shape index (κ3) is 9.65. The van der Waals surface area contributed by atoms with Crippen molar-refractivity contribution in [2.45, 2.75) is 27.7 Å². The molecule has 0 aliphatic rings. The summed E-state index contributed by atoms with van der Waals surface area (Å²) in [6, 6.07) is 7.07. The Morgan fingerprint density at radius 3 is 2.12 bits per heavy atom. The molecular formula is C14H19BrO2. The fourth-order valence-corrected chi connectivity index (χ4v) is 1.06. The first-order chi connectivity index (χ1) is 8.15. The number of hydrogen-bond acceptors (Lipinski definition) is 2. The molecule has 0 fully saturated rings. The van der Waals surface area contributed by atoms with Gasteiger partial charge in [-0.05, 0) is 38.1 Å². The van der Waals surface area contributed by atoms with Gasteiger partial charge in [-0.3, -0.25) is 0 Å². The second-order valence-electron chi connectivity index (χ2n) is 2.52. The van der Waals surface area contributed by atoms with Gasteiger partial charge in [-0.1, -0.05) is 29.8 Å². The van der Waals surface area contributed by atoms with Gasteiger partial charge in [0.15, 0.2) is 0 Å². The molecule has 0 bridgehead atoms. The Hall–Kier alpha value is -1.27. The molecule has 0 spiro atoms. The van der Waals surface area contributed by atoms with Gasteiger partial charge in [-0.25, -0.2) is 4.79 Å². The van der Waals surface area contributed by atoms with Gasteiger partial charge in [0.2, 0.25) is 0 Å². The lowest BCUT2D eigenvalue weighted by atomic mass is 10.2. The largest absolute Gasteiger partial charge is 0.462 e. The van der Waals surface area contributed by atoms with E-state index in [1.165, 1.54) is 0 Å². The average molecular weight is 299 g/mol. The molecule has 3 heteroatoms. The van der Waals surface area contributed by atoms with E-state index >= 15 is 0 Å². The summed E-state index contributed by atoms with van der Waals surface area (Å²) in [5.74, 6) is 1.98. The molecule has 0 saturated heterocycles. The second-order valence-corrected chi connectivity index (χ2v) is 3.43. The van der Waals surface area contributed by atoms with Crippen LogP contribution in [0.3, 0.4) is 0 Å². The molecule has 0 saturated carbocycles. The lowest BCUT2D eigenvalue weighted by molar-refractivity contribution is 0.0526. The van der Waals surface area contributed by atoms with Crippen LogP contribution in [0.5, 0.6) is 0 Å². The third-order valence-electron chi connectivity index (χ3n) is 1.36. The van der Waals surface area contributed by atoms with Gasteiger partial charge in [0.25, 0.3) is 0 Å². The van der Waals surface area contributed by atoms with Crippen molar-refractivity contribution in [2.24, 2.45) is 0 Å².